The van der Waals surface area contributed by atoms with Crippen molar-refractivity contribution in [2.75, 3.05) is 7.11 Å². The van der Waals surface area contributed by atoms with Gasteiger partial charge < -0.3 is 15.2 Å². The fraction of sp³-hybridized carbons (Fsp3) is 0.417. The third kappa shape index (κ3) is 3.09. The van der Waals surface area contributed by atoms with E-state index in [1.54, 1.807) is 6.07 Å². The zero-order valence-corrected chi connectivity index (χ0v) is 10.2. The number of rotatable bonds is 6. The number of nitrogens with two attached hydrogens (primary N) is 1. The monoisotopic (exact) mass is 259 g/mol. The molecule has 1 aromatic carbocycles. The van der Waals surface area contributed by atoms with Gasteiger partial charge >= 0.3 is 6.61 Å². The Kier molecular flexibility index (Phi) is 4.88. The van der Waals surface area contributed by atoms with Crippen molar-refractivity contribution in [2.24, 2.45) is 5.73 Å². The lowest BCUT2D eigenvalue weighted by atomic mass is 10.0. The van der Waals surface area contributed by atoms with Crippen LogP contribution in [0.5, 0.6) is 11.5 Å². The standard InChI is InChI=1S/C12H15F2NO3/c1-3-4-7-5-6-8(17-2)9(11(15)16)10(7)18-12(13)14/h5-6,12H,3-4H2,1-2H3,(H2,15,16). The zero-order chi connectivity index (χ0) is 13.7. The molecule has 0 heterocycles. The molecule has 6 heteroatoms. The molecule has 0 saturated carbocycles. The van der Waals surface area contributed by atoms with Crippen LogP contribution in [0, 0.1) is 0 Å². The fourth-order valence-electron chi connectivity index (χ4n) is 1.70. The molecule has 0 aliphatic carbocycles. The van der Waals surface area contributed by atoms with Crippen LogP contribution >= 0.6 is 0 Å². The second-order valence-corrected chi connectivity index (χ2v) is 3.62. The van der Waals surface area contributed by atoms with Gasteiger partial charge in [0.25, 0.3) is 5.91 Å². The molecule has 0 fully saturated rings. The molecule has 100 valence electrons. The predicted molar refractivity (Wildman–Crippen MR) is 62.1 cm³/mol. The number of amides is 1. The lowest BCUT2D eigenvalue weighted by Crippen LogP contribution is -2.17. The number of aryl methyl sites for hydroxylation is 1. The molecule has 0 bridgehead atoms. The van der Waals surface area contributed by atoms with Crippen LogP contribution in [-0.2, 0) is 6.42 Å². The molecule has 0 saturated heterocycles. The molecule has 1 rings (SSSR count). The van der Waals surface area contributed by atoms with Crippen LogP contribution < -0.4 is 15.2 Å². The number of carbonyl (C=O) groups is 1. The average Bonchev–Trinajstić information content (AvgIpc) is 2.30. The highest BCUT2D eigenvalue weighted by Gasteiger charge is 2.22. The largest absolute Gasteiger partial charge is 0.496 e. The lowest BCUT2D eigenvalue weighted by molar-refractivity contribution is -0.0508. The number of alkyl halides is 2. The zero-order valence-electron chi connectivity index (χ0n) is 10.2. The number of carbonyl (C=O) groups excluding carboxylic acids is 1. The molecule has 1 amide bonds. The molecule has 0 radical (unpaired) electrons. The number of halogens is 2. The van der Waals surface area contributed by atoms with E-state index in [1.807, 2.05) is 6.92 Å². The summed E-state index contributed by atoms with van der Waals surface area (Å²) in [6.45, 7) is -1.13. The minimum atomic E-state index is -3.02. The second-order valence-electron chi connectivity index (χ2n) is 3.62. The van der Waals surface area contributed by atoms with E-state index in [1.165, 1.54) is 13.2 Å². The maximum atomic E-state index is 12.4. The number of hydrogen-bond donors (Lipinski definition) is 1. The molecule has 0 aliphatic heterocycles. The molecule has 4 nitrogen and oxygen atoms in total. The first-order valence-corrected chi connectivity index (χ1v) is 5.45. The van der Waals surface area contributed by atoms with Crippen LogP contribution in [0.25, 0.3) is 0 Å². The summed E-state index contributed by atoms with van der Waals surface area (Å²) in [5.74, 6) is -0.933. The van der Waals surface area contributed by atoms with Gasteiger partial charge in [-0.05, 0) is 18.1 Å². The van der Waals surface area contributed by atoms with E-state index in [0.29, 0.717) is 12.0 Å². The van der Waals surface area contributed by atoms with Crippen molar-refractivity contribution in [3.8, 4) is 11.5 Å². The smallest absolute Gasteiger partial charge is 0.387 e. The quantitative estimate of drug-likeness (QED) is 0.853. The molecule has 1 aromatic rings. The van der Waals surface area contributed by atoms with Crippen molar-refractivity contribution in [1.82, 2.24) is 0 Å². The Morgan fingerprint density at radius 2 is 2.11 bits per heavy atom. The summed E-state index contributed by atoms with van der Waals surface area (Å²) in [4.78, 5) is 11.4. The van der Waals surface area contributed by atoms with Crippen LogP contribution in [0.3, 0.4) is 0 Å². The van der Waals surface area contributed by atoms with Crippen LogP contribution in [0.2, 0.25) is 0 Å². The van der Waals surface area contributed by atoms with Crippen molar-refractivity contribution >= 4 is 5.91 Å². The SMILES string of the molecule is CCCc1ccc(OC)c(C(N)=O)c1OC(F)F. The van der Waals surface area contributed by atoms with E-state index < -0.39 is 12.5 Å². The van der Waals surface area contributed by atoms with Gasteiger partial charge in [-0.2, -0.15) is 8.78 Å². The average molecular weight is 259 g/mol. The molecular formula is C12H15F2NO3. The van der Waals surface area contributed by atoms with E-state index in [2.05, 4.69) is 4.74 Å². The number of hydrogen-bond acceptors (Lipinski definition) is 3. The second kappa shape index (κ2) is 6.18. The van der Waals surface area contributed by atoms with E-state index in [4.69, 9.17) is 10.5 Å². The summed E-state index contributed by atoms with van der Waals surface area (Å²) < 4.78 is 34.2. The first-order valence-electron chi connectivity index (χ1n) is 5.45. The molecule has 0 spiro atoms. The summed E-state index contributed by atoms with van der Waals surface area (Å²) in [5, 5.41) is 0. The Morgan fingerprint density at radius 1 is 1.44 bits per heavy atom. The van der Waals surface area contributed by atoms with Crippen molar-refractivity contribution < 1.29 is 23.0 Å². The van der Waals surface area contributed by atoms with Gasteiger partial charge in [0.15, 0.2) is 0 Å². The molecule has 2 N–H and O–H groups in total. The molecule has 0 unspecified atom stereocenters. The molecular weight excluding hydrogens is 244 g/mol. The Balaban J connectivity index is 3.38. The van der Waals surface area contributed by atoms with Crippen molar-refractivity contribution in [3.05, 3.63) is 23.3 Å². The van der Waals surface area contributed by atoms with E-state index in [-0.39, 0.29) is 17.1 Å². The third-order valence-electron chi connectivity index (χ3n) is 2.39. The molecule has 0 aliphatic rings. The fourth-order valence-corrected chi connectivity index (χ4v) is 1.70. The summed E-state index contributed by atoms with van der Waals surface area (Å²) >= 11 is 0. The Hall–Kier alpha value is -1.85. The normalized spacial score (nSPS) is 10.5. The first kappa shape index (κ1) is 14.2. The van der Waals surface area contributed by atoms with Gasteiger partial charge in [0.05, 0.1) is 7.11 Å². The predicted octanol–water partition coefficient (Wildman–Crippen LogP) is 2.35. The van der Waals surface area contributed by atoms with Crippen LogP contribution in [0.15, 0.2) is 12.1 Å². The Morgan fingerprint density at radius 3 is 2.56 bits per heavy atom. The van der Waals surface area contributed by atoms with Crippen LogP contribution in [0.1, 0.15) is 29.3 Å². The van der Waals surface area contributed by atoms with Gasteiger partial charge in [-0.15, -0.1) is 0 Å². The van der Waals surface area contributed by atoms with E-state index in [9.17, 15) is 13.6 Å². The number of methoxy groups -OCH3 is 1. The number of benzene rings is 1. The molecule has 0 aromatic heterocycles. The van der Waals surface area contributed by atoms with Gasteiger partial charge in [-0.1, -0.05) is 19.4 Å². The first-order chi connectivity index (χ1) is 8.51. The minimum absolute atomic E-state index is 0.123. The third-order valence-corrected chi connectivity index (χ3v) is 2.39. The number of primary amides is 1. The van der Waals surface area contributed by atoms with Gasteiger partial charge in [0.2, 0.25) is 0 Å². The van der Waals surface area contributed by atoms with Crippen molar-refractivity contribution in [3.63, 3.8) is 0 Å². The van der Waals surface area contributed by atoms with E-state index >= 15 is 0 Å². The number of ether oxygens (including phenoxy) is 2. The molecule has 0 atom stereocenters. The van der Waals surface area contributed by atoms with Gasteiger partial charge in [0.1, 0.15) is 17.1 Å². The lowest BCUT2D eigenvalue weighted by Gasteiger charge is -2.16. The van der Waals surface area contributed by atoms with Crippen molar-refractivity contribution in [1.29, 1.82) is 0 Å². The maximum absolute atomic E-state index is 12.4. The topological polar surface area (TPSA) is 61.5 Å². The summed E-state index contributed by atoms with van der Waals surface area (Å²) in [7, 11) is 1.33. The van der Waals surface area contributed by atoms with Gasteiger partial charge in [0, 0.05) is 0 Å². The van der Waals surface area contributed by atoms with Crippen LogP contribution in [0.4, 0.5) is 8.78 Å². The maximum Gasteiger partial charge on any atom is 0.387 e. The van der Waals surface area contributed by atoms with E-state index in [0.717, 1.165) is 6.42 Å². The Labute approximate surface area is 104 Å². The van der Waals surface area contributed by atoms with Gasteiger partial charge in [-0.25, -0.2) is 0 Å². The van der Waals surface area contributed by atoms with Gasteiger partial charge in [-0.3, -0.25) is 4.79 Å². The summed E-state index contributed by atoms with van der Waals surface area (Å²) in [5.41, 5.74) is 5.55. The minimum Gasteiger partial charge on any atom is -0.496 e. The summed E-state index contributed by atoms with van der Waals surface area (Å²) in [6.07, 6.45) is 1.23. The van der Waals surface area contributed by atoms with Crippen molar-refractivity contribution in [2.45, 2.75) is 26.4 Å². The highest BCUT2D eigenvalue weighted by atomic mass is 19.3. The highest BCUT2D eigenvalue weighted by Crippen LogP contribution is 2.33. The highest BCUT2D eigenvalue weighted by molar-refractivity contribution is 5.99. The molecule has 18 heavy (non-hydrogen) atoms. The Bertz CT molecular complexity index is 436. The van der Waals surface area contributed by atoms with Crippen LogP contribution in [-0.4, -0.2) is 19.6 Å². The summed E-state index contributed by atoms with van der Waals surface area (Å²) in [6, 6.07) is 3.11.